The molecule has 310 valence electrons. The predicted molar refractivity (Wildman–Crippen MR) is 279 cm³/mol. The van der Waals surface area contributed by atoms with Crippen LogP contribution >= 0.6 is 0 Å². The highest BCUT2D eigenvalue weighted by Gasteiger charge is 2.15. The molecule has 12 rings (SSSR count). The number of hydrogen-bond acceptors (Lipinski definition) is 2. The molecule has 0 bridgehead atoms. The zero-order valence-electron chi connectivity index (χ0n) is 36.2. The van der Waals surface area contributed by atoms with E-state index in [-0.39, 0.29) is 0 Å². The molecule has 11 aromatic carbocycles. The summed E-state index contributed by atoms with van der Waals surface area (Å²) in [6, 6.07) is 93.9. The molecule has 0 amide bonds. The minimum atomic E-state index is 0.903. The average Bonchev–Trinajstić information content (AvgIpc) is 3.78. The molecule has 0 saturated carbocycles. The lowest BCUT2D eigenvalue weighted by atomic mass is 9.96. The number of benzene rings is 11. The fraction of sp³-hybridized carbons (Fsp3) is 0. The highest BCUT2D eigenvalue weighted by Crippen LogP contribution is 2.40. The van der Waals surface area contributed by atoms with E-state index in [9.17, 15) is 0 Å². The molecule has 1 heterocycles. The Hall–Kier alpha value is -8.72. The molecular formula is C64H43NO. The summed E-state index contributed by atoms with van der Waals surface area (Å²) in [4.78, 5) is 2.34. The molecule has 0 unspecified atom stereocenters. The van der Waals surface area contributed by atoms with E-state index in [1.807, 2.05) is 12.1 Å². The van der Waals surface area contributed by atoms with Crippen LogP contribution in [-0.4, -0.2) is 0 Å². The van der Waals surface area contributed by atoms with Crippen LogP contribution < -0.4 is 4.90 Å². The summed E-state index contributed by atoms with van der Waals surface area (Å²) >= 11 is 0. The molecule has 66 heavy (non-hydrogen) atoms. The van der Waals surface area contributed by atoms with Gasteiger partial charge in [0.1, 0.15) is 11.2 Å². The Labute approximate surface area is 384 Å². The van der Waals surface area contributed by atoms with Crippen LogP contribution in [0.15, 0.2) is 265 Å². The van der Waals surface area contributed by atoms with Crippen LogP contribution in [0.3, 0.4) is 0 Å². The molecule has 0 aliphatic carbocycles. The Bertz CT molecular complexity index is 3660. The summed E-state index contributed by atoms with van der Waals surface area (Å²) in [7, 11) is 0. The van der Waals surface area contributed by atoms with Gasteiger partial charge in [-0.25, -0.2) is 0 Å². The fourth-order valence-corrected chi connectivity index (χ4v) is 9.37. The van der Waals surface area contributed by atoms with E-state index in [2.05, 4.69) is 254 Å². The van der Waals surface area contributed by atoms with Gasteiger partial charge in [-0.1, -0.05) is 188 Å². The second-order valence-electron chi connectivity index (χ2n) is 17.0. The molecule has 0 radical (unpaired) electrons. The standard InChI is InChI=1S/C64H43NO/c1-2-10-44(11-3-1)52-14-8-15-53(40-52)49-28-35-59(36-29-49)65(60-37-30-50(31-38-60)57-32-39-64-62(43-57)61-18-6-7-19-63(61)66-64)58-33-26-47(27-34-58)46-20-22-48(23-21-46)54-16-9-17-55(41-54)56-25-24-45-12-4-5-13-51(45)42-56/h1-43H. The van der Waals surface area contributed by atoms with E-state index >= 15 is 0 Å². The quantitative estimate of drug-likeness (QED) is 0.144. The second-order valence-corrected chi connectivity index (χ2v) is 17.0. The third-order valence-corrected chi connectivity index (χ3v) is 12.9. The Morgan fingerprint density at radius 2 is 0.576 bits per heavy atom. The van der Waals surface area contributed by atoms with Crippen molar-refractivity contribution in [2.75, 3.05) is 4.90 Å². The molecule has 0 N–H and O–H groups in total. The third kappa shape index (κ3) is 7.51. The molecule has 2 nitrogen and oxygen atoms in total. The molecular weight excluding hydrogens is 799 g/mol. The Kier molecular flexibility index (Phi) is 9.89. The van der Waals surface area contributed by atoms with Crippen molar-refractivity contribution in [2.24, 2.45) is 0 Å². The van der Waals surface area contributed by atoms with Crippen molar-refractivity contribution >= 4 is 49.8 Å². The van der Waals surface area contributed by atoms with E-state index in [0.29, 0.717) is 0 Å². The molecule has 2 heteroatoms. The first-order chi connectivity index (χ1) is 32.7. The first-order valence-electron chi connectivity index (χ1n) is 22.5. The van der Waals surface area contributed by atoms with Crippen molar-refractivity contribution in [3.8, 4) is 66.8 Å². The number of hydrogen-bond donors (Lipinski definition) is 0. The van der Waals surface area contributed by atoms with E-state index in [0.717, 1.165) is 50.1 Å². The monoisotopic (exact) mass is 841 g/mol. The largest absolute Gasteiger partial charge is 0.456 e. The summed E-state index contributed by atoms with van der Waals surface area (Å²) in [5.41, 5.74) is 19.3. The normalized spacial score (nSPS) is 11.3. The SMILES string of the molecule is c1ccc(-c2cccc(-c3ccc(N(c4ccc(-c5ccc(-c6cccc(-c7ccc8ccccc8c7)c6)cc5)cc4)c4ccc(-c5ccc6oc7ccccc7c6c5)cc4)cc3)c2)cc1. The number of para-hydroxylation sites is 1. The van der Waals surface area contributed by atoms with Crippen LogP contribution in [0.5, 0.6) is 0 Å². The van der Waals surface area contributed by atoms with Crippen molar-refractivity contribution in [3.63, 3.8) is 0 Å². The van der Waals surface area contributed by atoms with Gasteiger partial charge in [-0.2, -0.15) is 0 Å². The lowest BCUT2D eigenvalue weighted by Crippen LogP contribution is -2.09. The van der Waals surface area contributed by atoms with Crippen LogP contribution in [0.2, 0.25) is 0 Å². The molecule has 0 aliphatic rings. The lowest BCUT2D eigenvalue weighted by molar-refractivity contribution is 0.669. The van der Waals surface area contributed by atoms with Crippen molar-refractivity contribution in [1.29, 1.82) is 0 Å². The fourth-order valence-electron chi connectivity index (χ4n) is 9.37. The molecule has 0 atom stereocenters. The van der Waals surface area contributed by atoms with Gasteiger partial charge >= 0.3 is 0 Å². The van der Waals surface area contributed by atoms with Gasteiger partial charge in [-0.05, 0) is 150 Å². The summed E-state index contributed by atoms with van der Waals surface area (Å²) in [5.74, 6) is 0. The second kappa shape index (κ2) is 16.8. The zero-order chi connectivity index (χ0) is 43.8. The van der Waals surface area contributed by atoms with Crippen LogP contribution in [-0.2, 0) is 0 Å². The minimum Gasteiger partial charge on any atom is -0.456 e. The first-order valence-corrected chi connectivity index (χ1v) is 22.5. The van der Waals surface area contributed by atoms with Gasteiger partial charge in [-0.3, -0.25) is 0 Å². The molecule has 1 aromatic heterocycles. The molecule has 0 spiro atoms. The maximum absolute atomic E-state index is 6.14. The molecule has 0 aliphatic heterocycles. The van der Waals surface area contributed by atoms with Crippen LogP contribution in [0.25, 0.3) is 99.5 Å². The number of fused-ring (bicyclic) bond motifs is 4. The maximum Gasteiger partial charge on any atom is 0.135 e. The van der Waals surface area contributed by atoms with Gasteiger partial charge in [0.05, 0.1) is 0 Å². The average molecular weight is 842 g/mol. The van der Waals surface area contributed by atoms with Crippen LogP contribution in [0, 0.1) is 0 Å². The minimum absolute atomic E-state index is 0.903. The first kappa shape index (κ1) is 38.9. The maximum atomic E-state index is 6.14. The van der Waals surface area contributed by atoms with Crippen LogP contribution in [0.4, 0.5) is 17.1 Å². The topological polar surface area (TPSA) is 16.4 Å². The lowest BCUT2D eigenvalue weighted by Gasteiger charge is -2.26. The summed E-state index contributed by atoms with van der Waals surface area (Å²) < 4.78 is 6.14. The van der Waals surface area contributed by atoms with E-state index in [1.165, 1.54) is 66.4 Å². The van der Waals surface area contributed by atoms with Crippen LogP contribution in [0.1, 0.15) is 0 Å². The Morgan fingerprint density at radius 1 is 0.212 bits per heavy atom. The van der Waals surface area contributed by atoms with E-state index in [1.54, 1.807) is 0 Å². The number of rotatable bonds is 9. The van der Waals surface area contributed by atoms with Gasteiger partial charge in [0.15, 0.2) is 0 Å². The van der Waals surface area contributed by atoms with Crippen molar-refractivity contribution < 1.29 is 4.42 Å². The van der Waals surface area contributed by atoms with Crippen molar-refractivity contribution in [1.82, 2.24) is 0 Å². The summed E-state index contributed by atoms with van der Waals surface area (Å²) in [6.45, 7) is 0. The molecule has 0 fully saturated rings. The van der Waals surface area contributed by atoms with Gasteiger partial charge in [-0.15, -0.1) is 0 Å². The highest BCUT2D eigenvalue weighted by atomic mass is 16.3. The van der Waals surface area contributed by atoms with Crippen molar-refractivity contribution in [3.05, 3.63) is 261 Å². The Balaban J connectivity index is 0.852. The third-order valence-electron chi connectivity index (χ3n) is 12.9. The van der Waals surface area contributed by atoms with Gasteiger partial charge in [0, 0.05) is 27.8 Å². The van der Waals surface area contributed by atoms with Crippen molar-refractivity contribution in [2.45, 2.75) is 0 Å². The van der Waals surface area contributed by atoms with Gasteiger partial charge < -0.3 is 9.32 Å². The molecule has 0 saturated heterocycles. The van der Waals surface area contributed by atoms with E-state index < -0.39 is 0 Å². The summed E-state index contributed by atoms with van der Waals surface area (Å²) in [5, 5.41) is 4.77. The predicted octanol–water partition coefficient (Wildman–Crippen LogP) is 18.2. The van der Waals surface area contributed by atoms with Gasteiger partial charge in [0.25, 0.3) is 0 Å². The zero-order valence-corrected chi connectivity index (χ0v) is 36.2. The highest BCUT2D eigenvalue weighted by molar-refractivity contribution is 6.06. The number of furan rings is 1. The smallest absolute Gasteiger partial charge is 0.135 e. The number of nitrogens with zero attached hydrogens (tertiary/aromatic N) is 1. The summed E-state index contributed by atoms with van der Waals surface area (Å²) in [6.07, 6.45) is 0. The Morgan fingerprint density at radius 3 is 1.15 bits per heavy atom. The number of anilines is 3. The van der Waals surface area contributed by atoms with E-state index in [4.69, 9.17) is 4.42 Å². The molecule has 12 aromatic rings. The van der Waals surface area contributed by atoms with Gasteiger partial charge in [0.2, 0.25) is 0 Å².